The summed E-state index contributed by atoms with van der Waals surface area (Å²) in [5.41, 5.74) is 8.42. The van der Waals surface area contributed by atoms with E-state index in [-0.39, 0.29) is 17.8 Å². The number of hydrogen-bond donors (Lipinski definition) is 2. The fourth-order valence-electron chi connectivity index (χ4n) is 3.28. The minimum Gasteiger partial charge on any atom is -0.488 e. The van der Waals surface area contributed by atoms with Crippen molar-refractivity contribution >= 4 is 17.6 Å². The molecule has 1 unspecified atom stereocenters. The van der Waals surface area contributed by atoms with Gasteiger partial charge in [-0.15, -0.1) is 0 Å². The zero-order valence-electron chi connectivity index (χ0n) is 15.6. The number of nitrogens with one attached hydrogen (secondary N) is 1. The molecule has 0 radical (unpaired) electrons. The number of benzene rings is 1. The third kappa shape index (κ3) is 4.97. The third-order valence-electron chi connectivity index (χ3n) is 4.42. The summed E-state index contributed by atoms with van der Waals surface area (Å²) < 4.78 is 5.95. The van der Waals surface area contributed by atoms with Crippen LogP contribution < -0.4 is 15.8 Å². The van der Waals surface area contributed by atoms with Gasteiger partial charge in [0, 0.05) is 24.5 Å². The summed E-state index contributed by atoms with van der Waals surface area (Å²) in [5.74, 6) is -0.0705. The van der Waals surface area contributed by atoms with Gasteiger partial charge in [0.2, 0.25) is 0 Å². The third-order valence-corrected chi connectivity index (χ3v) is 4.42. The van der Waals surface area contributed by atoms with Crippen LogP contribution in [0.2, 0.25) is 0 Å². The predicted octanol–water partition coefficient (Wildman–Crippen LogP) is 2.87. The first kappa shape index (κ1) is 18.7. The van der Waals surface area contributed by atoms with Crippen LogP contribution >= 0.6 is 0 Å². The Morgan fingerprint density at radius 3 is 2.67 bits per heavy atom. The van der Waals surface area contributed by atoms with Gasteiger partial charge in [-0.05, 0) is 56.0 Å². The van der Waals surface area contributed by atoms with Crippen molar-refractivity contribution < 1.29 is 14.3 Å². The van der Waals surface area contributed by atoms with E-state index in [4.69, 9.17) is 10.5 Å². The maximum atomic E-state index is 12.6. The van der Waals surface area contributed by atoms with Crippen LogP contribution in [-0.2, 0) is 0 Å². The van der Waals surface area contributed by atoms with Crippen LogP contribution in [0.25, 0.3) is 0 Å². The minimum atomic E-state index is -0.599. The molecule has 7 nitrogen and oxygen atoms in total. The van der Waals surface area contributed by atoms with E-state index in [1.165, 1.54) is 12.3 Å². The number of carbonyl (C=O) groups is 2. The largest absolute Gasteiger partial charge is 0.488 e. The molecule has 0 spiro atoms. The summed E-state index contributed by atoms with van der Waals surface area (Å²) in [7, 11) is 0. The molecule has 1 aromatic carbocycles. The molecule has 3 rings (SSSR count). The number of anilines is 1. The standard InChI is InChI=1S/C20H24N4O3/c1-13-8-14(2)10-15(9-13)23-20(26)24-7-3-4-17(12-24)27-16-5-6-22-18(11-16)19(21)25/h5-6,8-11,17H,3-4,7,12H2,1-2H3,(H2,21,25)(H,23,26). The smallest absolute Gasteiger partial charge is 0.321 e. The fraction of sp³-hybridized carbons (Fsp3) is 0.350. The number of nitrogens with zero attached hydrogens (tertiary/aromatic N) is 2. The van der Waals surface area contributed by atoms with Gasteiger partial charge in [0.05, 0.1) is 6.54 Å². The number of nitrogens with two attached hydrogens (primary N) is 1. The second-order valence-electron chi connectivity index (χ2n) is 6.88. The van der Waals surface area contributed by atoms with Gasteiger partial charge in [0.25, 0.3) is 5.91 Å². The Balaban J connectivity index is 1.62. The average Bonchev–Trinajstić information content (AvgIpc) is 2.61. The Kier molecular flexibility index (Phi) is 5.59. The monoisotopic (exact) mass is 368 g/mol. The van der Waals surface area contributed by atoms with Gasteiger partial charge in [-0.1, -0.05) is 6.07 Å². The van der Waals surface area contributed by atoms with E-state index in [2.05, 4.69) is 16.4 Å². The van der Waals surface area contributed by atoms with E-state index in [0.29, 0.717) is 18.8 Å². The number of aryl methyl sites for hydroxylation is 2. The van der Waals surface area contributed by atoms with E-state index < -0.39 is 5.91 Å². The van der Waals surface area contributed by atoms with E-state index in [1.54, 1.807) is 11.0 Å². The number of hydrogen-bond acceptors (Lipinski definition) is 4. The molecule has 142 valence electrons. The zero-order chi connectivity index (χ0) is 19.4. The number of aromatic nitrogens is 1. The molecular formula is C20H24N4O3. The second-order valence-corrected chi connectivity index (χ2v) is 6.88. The topological polar surface area (TPSA) is 97.6 Å². The lowest BCUT2D eigenvalue weighted by atomic mass is 10.1. The highest BCUT2D eigenvalue weighted by molar-refractivity contribution is 5.91. The molecule has 3 amide bonds. The first-order valence-electron chi connectivity index (χ1n) is 8.97. The number of pyridine rings is 1. The first-order valence-corrected chi connectivity index (χ1v) is 8.97. The minimum absolute atomic E-state index is 0.138. The molecule has 1 saturated heterocycles. The van der Waals surface area contributed by atoms with Gasteiger partial charge < -0.3 is 20.7 Å². The molecule has 1 fully saturated rings. The summed E-state index contributed by atoms with van der Waals surface area (Å²) in [6.07, 6.45) is 3.02. The Morgan fingerprint density at radius 2 is 1.96 bits per heavy atom. The molecule has 1 aliphatic rings. The van der Waals surface area contributed by atoms with Gasteiger partial charge in [-0.25, -0.2) is 4.79 Å². The van der Waals surface area contributed by atoms with Crippen LogP contribution in [0.1, 0.15) is 34.5 Å². The number of carbonyl (C=O) groups excluding carboxylic acids is 2. The highest BCUT2D eigenvalue weighted by Crippen LogP contribution is 2.20. The number of piperidine rings is 1. The second kappa shape index (κ2) is 8.07. The lowest BCUT2D eigenvalue weighted by Gasteiger charge is -2.33. The van der Waals surface area contributed by atoms with Crippen molar-refractivity contribution in [1.29, 1.82) is 0 Å². The number of ether oxygens (including phenoxy) is 1. The quantitative estimate of drug-likeness (QED) is 0.867. The number of amides is 3. The molecule has 2 aromatic rings. The molecule has 1 aromatic heterocycles. The molecule has 2 heterocycles. The first-order chi connectivity index (χ1) is 12.9. The highest BCUT2D eigenvalue weighted by atomic mass is 16.5. The Labute approximate surface area is 158 Å². The molecule has 3 N–H and O–H groups in total. The van der Waals surface area contributed by atoms with Crippen LogP contribution in [0.15, 0.2) is 36.5 Å². The number of rotatable bonds is 4. The SMILES string of the molecule is Cc1cc(C)cc(NC(=O)N2CCCC(Oc3ccnc(C(N)=O)c3)C2)c1. The molecule has 7 heteroatoms. The summed E-state index contributed by atoms with van der Waals surface area (Å²) in [6.45, 7) is 5.16. The maximum absolute atomic E-state index is 12.6. The summed E-state index contributed by atoms with van der Waals surface area (Å²) >= 11 is 0. The van der Waals surface area contributed by atoms with Crippen molar-refractivity contribution in [3.05, 3.63) is 53.3 Å². The van der Waals surface area contributed by atoms with E-state index in [0.717, 1.165) is 29.7 Å². The molecule has 0 saturated carbocycles. The molecule has 0 bridgehead atoms. The normalized spacial score (nSPS) is 16.7. The van der Waals surface area contributed by atoms with Crippen molar-refractivity contribution in [2.75, 3.05) is 18.4 Å². The molecule has 1 atom stereocenters. The maximum Gasteiger partial charge on any atom is 0.321 e. The van der Waals surface area contributed by atoms with Crippen molar-refractivity contribution in [2.24, 2.45) is 5.73 Å². The van der Waals surface area contributed by atoms with Crippen molar-refractivity contribution in [1.82, 2.24) is 9.88 Å². The van der Waals surface area contributed by atoms with Crippen molar-refractivity contribution in [3.63, 3.8) is 0 Å². The predicted molar refractivity (Wildman–Crippen MR) is 103 cm³/mol. The molecule has 0 aliphatic carbocycles. The fourth-order valence-corrected chi connectivity index (χ4v) is 3.28. The summed E-state index contributed by atoms with van der Waals surface area (Å²) in [6, 6.07) is 9.03. The van der Waals surface area contributed by atoms with Crippen LogP contribution in [0.5, 0.6) is 5.75 Å². The van der Waals surface area contributed by atoms with Gasteiger partial charge >= 0.3 is 6.03 Å². The lowest BCUT2D eigenvalue weighted by molar-refractivity contribution is 0.0989. The number of primary amides is 1. The van der Waals surface area contributed by atoms with Crippen molar-refractivity contribution in [2.45, 2.75) is 32.8 Å². The van der Waals surface area contributed by atoms with Crippen LogP contribution in [0.4, 0.5) is 10.5 Å². The van der Waals surface area contributed by atoms with Crippen LogP contribution in [0.3, 0.4) is 0 Å². The van der Waals surface area contributed by atoms with Crippen molar-refractivity contribution in [3.8, 4) is 5.75 Å². The van der Waals surface area contributed by atoms with Crippen LogP contribution in [0, 0.1) is 13.8 Å². The Morgan fingerprint density at radius 1 is 1.22 bits per heavy atom. The Bertz CT molecular complexity index is 833. The number of likely N-dealkylation sites (tertiary alicyclic amines) is 1. The molecule has 27 heavy (non-hydrogen) atoms. The summed E-state index contributed by atoms with van der Waals surface area (Å²) in [4.78, 5) is 29.5. The van der Waals surface area contributed by atoms with Gasteiger partial charge in [-0.3, -0.25) is 9.78 Å². The lowest BCUT2D eigenvalue weighted by Crippen LogP contribution is -2.46. The highest BCUT2D eigenvalue weighted by Gasteiger charge is 2.25. The molecular weight excluding hydrogens is 344 g/mol. The van der Waals surface area contributed by atoms with Gasteiger partial charge in [0.1, 0.15) is 17.5 Å². The Hall–Kier alpha value is -3.09. The van der Waals surface area contributed by atoms with Gasteiger partial charge in [0.15, 0.2) is 0 Å². The number of urea groups is 1. The average molecular weight is 368 g/mol. The van der Waals surface area contributed by atoms with E-state index in [9.17, 15) is 9.59 Å². The zero-order valence-corrected chi connectivity index (χ0v) is 15.6. The van der Waals surface area contributed by atoms with Crippen LogP contribution in [-0.4, -0.2) is 41.0 Å². The van der Waals surface area contributed by atoms with Gasteiger partial charge in [-0.2, -0.15) is 0 Å². The van der Waals surface area contributed by atoms with E-state index in [1.807, 2.05) is 26.0 Å². The van der Waals surface area contributed by atoms with E-state index >= 15 is 0 Å². The summed E-state index contributed by atoms with van der Waals surface area (Å²) in [5, 5.41) is 2.96. The molecule has 1 aliphatic heterocycles.